The Morgan fingerprint density at radius 1 is 1.13 bits per heavy atom. The SMILES string of the molecule is Cc1cccc(C)c1-c1c[nH]c(=O)c2cc(OCC#N)ccc12. The quantitative estimate of drug-likeness (QED) is 0.802. The largest absolute Gasteiger partial charge is 0.479 e. The molecule has 0 unspecified atom stereocenters. The molecule has 0 atom stereocenters. The van der Waals surface area contributed by atoms with E-state index in [-0.39, 0.29) is 12.2 Å². The summed E-state index contributed by atoms with van der Waals surface area (Å²) in [6, 6.07) is 13.4. The second-order valence-corrected chi connectivity index (χ2v) is 5.45. The number of nitrogens with zero attached hydrogens (tertiary/aromatic N) is 1. The van der Waals surface area contributed by atoms with Gasteiger partial charge in [-0.05, 0) is 54.1 Å². The Balaban J connectivity index is 2.26. The molecule has 4 heteroatoms. The highest BCUT2D eigenvalue weighted by atomic mass is 16.5. The van der Waals surface area contributed by atoms with Gasteiger partial charge in [-0.2, -0.15) is 5.26 Å². The van der Waals surface area contributed by atoms with E-state index in [0.717, 1.165) is 27.6 Å². The van der Waals surface area contributed by atoms with Gasteiger partial charge in [0.05, 0.1) is 5.39 Å². The number of aryl methyl sites for hydroxylation is 2. The minimum absolute atomic E-state index is 0.0417. The van der Waals surface area contributed by atoms with E-state index in [1.807, 2.05) is 18.2 Å². The lowest BCUT2D eigenvalue weighted by Crippen LogP contribution is -2.07. The van der Waals surface area contributed by atoms with E-state index in [1.165, 1.54) is 0 Å². The normalized spacial score (nSPS) is 10.5. The van der Waals surface area contributed by atoms with Crippen LogP contribution in [0.25, 0.3) is 21.9 Å². The number of hydrogen-bond donors (Lipinski definition) is 1. The van der Waals surface area contributed by atoms with Crippen LogP contribution in [0, 0.1) is 25.2 Å². The van der Waals surface area contributed by atoms with Crippen LogP contribution < -0.4 is 10.3 Å². The van der Waals surface area contributed by atoms with Gasteiger partial charge in [-0.25, -0.2) is 0 Å². The minimum atomic E-state index is -0.169. The fourth-order valence-electron chi connectivity index (χ4n) is 2.89. The standard InChI is InChI=1S/C19H16N2O2/c1-12-4-3-5-13(2)18(12)17-11-21-19(22)16-10-14(23-9-8-20)6-7-15(16)17/h3-7,10-11H,9H2,1-2H3,(H,21,22). The molecule has 0 aliphatic rings. The van der Waals surface area contributed by atoms with E-state index in [9.17, 15) is 4.79 Å². The number of H-pyrrole nitrogens is 1. The van der Waals surface area contributed by atoms with Crippen molar-refractivity contribution < 1.29 is 4.74 Å². The van der Waals surface area contributed by atoms with Crippen LogP contribution in [-0.2, 0) is 0 Å². The smallest absolute Gasteiger partial charge is 0.255 e. The van der Waals surface area contributed by atoms with Gasteiger partial charge in [-0.3, -0.25) is 4.79 Å². The molecule has 0 fully saturated rings. The molecule has 0 bridgehead atoms. The van der Waals surface area contributed by atoms with Crippen LogP contribution >= 0.6 is 0 Å². The van der Waals surface area contributed by atoms with Gasteiger partial charge in [-0.15, -0.1) is 0 Å². The van der Waals surface area contributed by atoms with E-state index in [1.54, 1.807) is 18.3 Å². The summed E-state index contributed by atoms with van der Waals surface area (Å²) in [6.07, 6.45) is 1.76. The predicted octanol–water partition coefficient (Wildman–Crippen LogP) is 3.71. The summed E-state index contributed by atoms with van der Waals surface area (Å²) in [5, 5.41) is 10.0. The first-order chi connectivity index (χ1) is 11.1. The molecule has 3 aromatic rings. The van der Waals surface area contributed by atoms with E-state index in [0.29, 0.717) is 11.1 Å². The molecule has 0 saturated carbocycles. The topological polar surface area (TPSA) is 65.9 Å². The summed E-state index contributed by atoms with van der Waals surface area (Å²) in [6.45, 7) is 4.08. The van der Waals surface area contributed by atoms with Gasteiger partial charge in [0.15, 0.2) is 6.61 Å². The van der Waals surface area contributed by atoms with Crippen molar-refractivity contribution >= 4 is 10.8 Å². The van der Waals surface area contributed by atoms with E-state index in [2.05, 4.69) is 31.0 Å². The summed E-state index contributed by atoms with van der Waals surface area (Å²) < 4.78 is 5.30. The molecule has 0 aliphatic heterocycles. The highest BCUT2D eigenvalue weighted by molar-refractivity contribution is 5.97. The third-order valence-electron chi connectivity index (χ3n) is 3.93. The van der Waals surface area contributed by atoms with Gasteiger partial charge in [-0.1, -0.05) is 18.2 Å². The minimum Gasteiger partial charge on any atom is -0.479 e. The molecule has 0 spiro atoms. The Morgan fingerprint density at radius 3 is 2.57 bits per heavy atom. The molecular formula is C19H16N2O2. The van der Waals surface area contributed by atoms with Gasteiger partial charge in [0.2, 0.25) is 0 Å². The number of fused-ring (bicyclic) bond motifs is 1. The zero-order valence-corrected chi connectivity index (χ0v) is 13.0. The lowest BCUT2D eigenvalue weighted by atomic mass is 9.93. The first kappa shape index (κ1) is 14.9. The number of pyridine rings is 1. The summed E-state index contributed by atoms with van der Waals surface area (Å²) in [5.74, 6) is 0.517. The Bertz CT molecular complexity index is 961. The maximum Gasteiger partial charge on any atom is 0.255 e. The maximum absolute atomic E-state index is 12.2. The van der Waals surface area contributed by atoms with Crippen molar-refractivity contribution in [3.63, 3.8) is 0 Å². The lowest BCUT2D eigenvalue weighted by Gasteiger charge is -2.13. The molecule has 114 valence electrons. The van der Waals surface area contributed by atoms with Crippen LogP contribution in [0.4, 0.5) is 0 Å². The number of nitriles is 1. The number of nitrogens with one attached hydrogen (secondary N) is 1. The number of hydrogen-bond acceptors (Lipinski definition) is 3. The number of ether oxygens (including phenoxy) is 1. The number of aromatic amines is 1. The molecule has 1 N–H and O–H groups in total. The molecule has 2 aromatic carbocycles. The zero-order chi connectivity index (χ0) is 16.4. The molecular weight excluding hydrogens is 288 g/mol. The zero-order valence-electron chi connectivity index (χ0n) is 13.0. The lowest BCUT2D eigenvalue weighted by molar-refractivity contribution is 0.368. The van der Waals surface area contributed by atoms with Crippen molar-refractivity contribution in [3.8, 4) is 22.9 Å². The van der Waals surface area contributed by atoms with E-state index >= 15 is 0 Å². The van der Waals surface area contributed by atoms with Crippen LogP contribution in [0.5, 0.6) is 5.75 Å². The average Bonchev–Trinajstić information content (AvgIpc) is 2.55. The van der Waals surface area contributed by atoms with Gasteiger partial charge in [0.1, 0.15) is 11.8 Å². The summed E-state index contributed by atoms with van der Waals surface area (Å²) in [4.78, 5) is 15.0. The highest BCUT2D eigenvalue weighted by Gasteiger charge is 2.12. The van der Waals surface area contributed by atoms with Crippen LogP contribution in [0.15, 0.2) is 47.4 Å². The van der Waals surface area contributed by atoms with Crippen molar-refractivity contribution in [1.82, 2.24) is 4.98 Å². The Labute approximate surface area is 134 Å². The fraction of sp³-hybridized carbons (Fsp3) is 0.158. The first-order valence-electron chi connectivity index (χ1n) is 7.33. The Morgan fingerprint density at radius 2 is 1.87 bits per heavy atom. The second kappa shape index (κ2) is 5.98. The third kappa shape index (κ3) is 2.69. The van der Waals surface area contributed by atoms with E-state index < -0.39 is 0 Å². The molecule has 0 saturated heterocycles. The van der Waals surface area contributed by atoms with Crippen molar-refractivity contribution in [2.45, 2.75) is 13.8 Å². The van der Waals surface area contributed by atoms with Crippen LogP contribution in [-0.4, -0.2) is 11.6 Å². The van der Waals surface area contributed by atoms with Gasteiger partial charge in [0.25, 0.3) is 5.56 Å². The third-order valence-corrected chi connectivity index (χ3v) is 3.93. The van der Waals surface area contributed by atoms with Gasteiger partial charge in [0, 0.05) is 11.8 Å². The molecule has 3 rings (SSSR count). The van der Waals surface area contributed by atoms with Crippen LogP contribution in [0.1, 0.15) is 11.1 Å². The maximum atomic E-state index is 12.2. The molecule has 0 radical (unpaired) electrons. The summed E-state index contributed by atoms with van der Waals surface area (Å²) >= 11 is 0. The average molecular weight is 304 g/mol. The van der Waals surface area contributed by atoms with Crippen molar-refractivity contribution in [2.75, 3.05) is 6.61 Å². The Kier molecular flexibility index (Phi) is 3.86. The van der Waals surface area contributed by atoms with Gasteiger partial charge >= 0.3 is 0 Å². The molecule has 1 heterocycles. The fourth-order valence-corrected chi connectivity index (χ4v) is 2.89. The van der Waals surface area contributed by atoms with E-state index in [4.69, 9.17) is 10.00 Å². The number of aromatic nitrogens is 1. The number of benzene rings is 2. The highest BCUT2D eigenvalue weighted by Crippen LogP contribution is 2.32. The monoisotopic (exact) mass is 304 g/mol. The molecule has 1 aromatic heterocycles. The number of rotatable bonds is 3. The van der Waals surface area contributed by atoms with Crippen LogP contribution in [0.2, 0.25) is 0 Å². The summed E-state index contributed by atoms with van der Waals surface area (Å²) in [7, 11) is 0. The van der Waals surface area contributed by atoms with Gasteiger partial charge < -0.3 is 9.72 Å². The van der Waals surface area contributed by atoms with Crippen molar-refractivity contribution in [2.24, 2.45) is 0 Å². The van der Waals surface area contributed by atoms with Crippen LogP contribution in [0.3, 0.4) is 0 Å². The molecule has 23 heavy (non-hydrogen) atoms. The molecule has 0 aliphatic carbocycles. The molecule has 0 amide bonds. The van der Waals surface area contributed by atoms with Crippen molar-refractivity contribution in [3.05, 3.63) is 64.1 Å². The first-order valence-corrected chi connectivity index (χ1v) is 7.33. The molecule has 4 nitrogen and oxygen atoms in total. The summed E-state index contributed by atoms with van der Waals surface area (Å²) in [5.41, 5.74) is 4.25. The van der Waals surface area contributed by atoms with Crippen molar-refractivity contribution in [1.29, 1.82) is 5.26 Å². The second-order valence-electron chi connectivity index (χ2n) is 5.45. The Hall–Kier alpha value is -3.06. The predicted molar refractivity (Wildman–Crippen MR) is 90.6 cm³/mol.